The van der Waals surface area contributed by atoms with E-state index in [1.165, 1.54) is 0 Å². The molecule has 0 aliphatic carbocycles. The molecule has 1 aromatic carbocycles. The average molecular weight is 681 g/mol. The van der Waals surface area contributed by atoms with Crippen LogP contribution in [-0.2, 0) is 4.74 Å². The molecule has 0 bridgehead atoms. The van der Waals surface area contributed by atoms with Crippen molar-refractivity contribution in [1.82, 2.24) is 20.1 Å². The molecule has 1 fully saturated rings. The van der Waals surface area contributed by atoms with Gasteiger partial charge in [0.2, 0.25) is 0 Å². The summed E-state index contributed by atoms with van der Waals surface area (Å²) in [7, 11) is 2.04. The van der Waals surface area contributed by atoms with Gasteiger partial charge in [0, 0.05) is 6.54 Å². The Morgan fingerprint density at radius 1 is 1.45 bits per heavy atom. The number of anilines is 1. The zero-order valence-electron chi connectivity index (χ0n) is 18.4. The van der Waals surface area contributed by atoms with Crippen molar-refractivity contribution in [3.05, 3.63) is 29.6 Å². The summed E-state index contributed by atoms with van der Waals surface area (Å²) in [6, 6.07) is 5.96. The van der Waals surface area contributed by atoms with Crippen molar-refractivity contribution in [3.8, 4) is 11.4 Å². The summed E-state index contributed by atoms with van der Waals surface area (Å²) in [5, 5.41) is 15.6. The van der Waals surface area contributed by atoms with Crippen LogP contribution in [-0.4, -0.2) is 86.4 Å². The number of nitrogens with one attached hydrogen (secondary N) is 2. The third-order valence-corrected chi connectivity index (χ3v) is 7.70. The normalized spacial score (nSPS) is 16.8. The van der Waals surface area contributed by atoms with E-state index in [0.29, 0.717) is 23.5 Å². The van der Waals surface area contributed by atoms with Gasteiger partial charge in [-0.1, -0.05) is 0 Å². The van der Waals surface area contributed by atoms with E-state index in [0.717, 1.165) is 65.4 Å². The summed E-state index contributed by atoms with van der Waals surface area (Å²) in [5.41, 5.74) is 2.18. The van der Waals surface area contributed by atoms with E-state index in [2.05, 4.69) is 31.0 Å². The molecule has 1 aliphatic heterocycles. The van der Waals surface area contributed by atoms with Crippen molar-refractivity contribution in [2.75, 3.05) is 29.1 Å². The molecule has 0 saturated carbocycles. The Morgan fingerprint density at radius 3 is 2.84 bits per heavy atom. The number of carbonyl (C=O) groups is 1. The molecule has 1 aliphatic rings. The predicted octanol–water partition coefficient (Wildman–Crippen LogP) is 3.87. The fraction of sp³-hybridized carbons (Fsp3) is 0.524. The standard InChI is InChI=1S/C21H28BrN6O2.Tl/c1-21(2,3)30-20(29)28-10-6-7-14(12-28)19-24-18(25-26-19)13-8-9-16(27(4)5)15(11-13)17(22)23;/h8-9,11,14,23H,4,6-7,10,12H2,1-3,5H3,(H,24,25,26);/t14-;/m1./s1. The molecule has 2 N–H and O–H groups in total. The van der Waals surface area contributed by atoms with Crippen LogP contribution in [0.1, 0.15) is 50.9 Å². The molecule has 1 amide bonds. The summed E-state index contributed by atoms with van der Waals surface area (Å²) in [6.07, 6.45) is 1.56. The van der Waals surface area contributed by atoms with E-state index < -0.39 is 5.60 Å². The predicted molar refractivity (Wildman–Crippen MR) is 126 cm³/mol. The Bertz CT molecular complexity index is 958. The molecule has 31 heavy (non-hydrogen) atoms. The van der Waals surface area contributed by atoms with Crippen LogP contribution >= 0.6 is 15.9 Å². The number of amides is 1. The molecule has 1 atom stereocenters. The number of H-pyrrole nitrogens is 1. The zero-order valence-corrected chi connectivity index (χ0v) is 24.5. The van der Waals surface area contributed by atoms with Gasteiger partial charge in [-0.2, -0.15) is 0 Å². The SMILES string of the molecule is CN([CH2][Tl])c1ccc(-c2n[nH]c([C@@H]3CCCN(C(=O)OC(C)(C)C)C3)n2)cc1C(=N)Br. The number of hydrogen-bond donors (Lipinski definition) is 2. The van der Waals surface area contributed by atoms with Gasteiger partial charge < -0.3 is 4.74 Å². The summed E-state index contributed by atoms with van der Waals surface area (Å²) < 4.78 is 6.87. The fourth-order valence-corrected chi connectivity index (χ4v) is 4.64. The first-order valence-corrected chi connectivity index (χ1v) is 14.3. The molecule has 1 aromatic heterocycles. The second kappa shape index (κ2) is 9.97. The summed E-state index contributed by atoms with van der Waals surface area (Å²) in [6.45, 7) is 6.89. The van der Waals surface area contributed by atoms with Crippen LogP contribution in [0, 0.1) is 5.41 Å². The van der Waals surface area contributed by atoms with Crippen LogP contribution in [0.4, 0.5) is 10.5 Å². The number of benzene rings is 1. The van der Waals surface area contributed by atoms with Gasteiger partial charge in [-0.15, -0.1) is 0 Å². The van der Waals surface area contributed by atoms with Crippen molar-refractivity contribution in [3.63, 3.8) is 0 Å². The Kier molecular flexibility index (Phi) is 7.77. The Labute approximate surface area is 207 Å². The third kappa shape index (κ3) is 6.05. The Balaban J connectivity index is 1.79. The number of piperidine rings is 1. The van der Waals surface area contributed by atoms with Crippen molar-refractivity contribution in [2.24, 2.45) is 0 Å². The van der Waals surface area contributed by atoms with Crippen LogP contribution in [0.15, 0.2) is 18.2 Å². The molecular weight excluding hydrogens is 653 g/mol. The van der Waals surface area contributed by atoms with Crippen LogP contribution in [0.5, 0.6) is 0 Å². The number of aromatic amines is 1. The van der Waals surface area contributed by atoms with Gasteiger partial charge in [0.05, 0.1) is 0 Å². The number of nitrogens with zero attached hydrogens (tertiary/aromatic N) is 4. The molecule has 0 spiro atoms. The number of aromatic nitrogens is 3. The van der Waals surface area contributed by atoms with Crippen LogP contribution < -0.4 is 4.90 Å². The van der Waals surface area contributed by atoms with Crippen molar-refractivity contribution in [2.45, 2.75) is 45.1 Å². The van der Waals surface area contributed by atoms with Gasteiger partial charge in [0.15, 0.2) is 0 Å². The maximum atomic E-state index is 12.5. The molecule has 164 valence electrons. The average Bonchev–Trinajstić information content (AvgIpc) is 3.22. The molecule has 0 unspecified atom stereocenters. The van der Waals surface area contributed by atoms with E-state index in [-0.39, 0.29) is 12.0 Å². The van der Waals surface area contributed by atoms with E-state index in [1.54, 1.807) is 4.90 Å². The Morgan fingerprint density at radius 2 is 2.19 bits per heavy atom. The number of halogens is 1. The minimum atomic E-state index is -0.509. The first kappa shape index (κ1) is 24.2. The van der Waals surface area contributed by atoms with Crippen molar-refractivity contribution >= 4 is 58.1 Å². The van der Waals surface area contributed by atoms with Gasteiger partial charge in [-0.05, 0) is 20.8 Å². The third-order valence-electron chi connectivity index (χ3n) is 5.14. The molecule has 1 saturated heterocycles. The molecule has 2 heterocycles. The minimum absolute atomic E-state index is 0.0907. The maximum absolute atomic E-state index is 12.5. The van der Waals surface area contributed by atoms with Gasteiger partial charge in [-0.25, -0.2) is 4.79 Å². The van der Waals surface area contributed by atoms with Gasteiger partial charge >= 0.3 is 166 Å². The van der Waals surface area contributed by atoms with Gasteiger partial charge in [0.1, 0.15) is 5.60 Å². The van der Waals surface area contributed by atoms with Crippen LogP contribution in [0.25, 0.3) is 11.4 Å². The van der Waals surface area contributed by atoms with Crippen LogP contribution in [0.3, 0.4) is 0 Å². The van der Waals surface area contributed by atoms with Crippen LogP contribution in [0.2, 0.25) is 0 Å². The molecule has 2 aromatic rings. The first-order chi connectivity index (χ1) is 14.6. The monoisotopic (exact) mass is 680 g/mol. The molecule has 0 radical (unpaired) electrons. The second-order valence-electron chi connectivity index (χ2n) is 8.74. The number of hydrogen-bond acceptors (Lipinski definition) is 6. The number of ether oxygens (including phenoxy) is 1. The van der Waals surface area contributed by atoms with E-state index in [1.807, 2.05) is 46.0 Å². The summed E-state index contributed by atoms with van der Waals surface area (Å²) in [5.74, 6) is 1.47. The van der Waals surface area contributed by atoms with Crippen molar-refractivity contribution in [1.29, 1.82) is 5.41 Å². The van der Waals surface area contributed by atoms with Gasteiger partial charge in [-0.3, -0.25) is 0 Å². The van der Waals surface area contributed by atoms with E-state index >= 15 is 0 Å². The summed E-state index contributed by atoms with van der Waals surface area (Å²) in [4.78, 5) is 21.1. The number of rotatable bonds is 5. The number of carbonyl (C=O) groups excluding carboxylic acids is 1. The first-order valence-electron chi connectivity index (χ1n) is 10.3. The van der Waals surface area contributed by atoms with Gasteiger partial charge in [0.25, 0.3) is 0 Å². The topological polar surface area (TPSA) is 98.2 Å². The Hall–Kier alpha value is -1.50. The zero-order chi connectivity index (χ0) is 22.8. The van der Waals surface area contributed by atoms with Crippen molar-refractivity contribution < 1.29 is 9.53 Å². The van der Waals surface area contributed by atoms with E-state index in [4.69, 9.17) is 15.1 Å². The molecule has 10 heteroatoms. The fourth-order valence-electron chi connectivity index (χ4n) is 3.56. The molecule has 3 rings (SSSR count). The quantitative estimate of drug-likeness (QED) is 0.370. The molecule has 8 nitrogen and oxygen atoms in total. The summed E-state index contributed by atoms with van der Waals surface area (Å²) >= 11 is 4.16. The second-order valence-corrected chi connectivity index (χ2v) is 10.9. The molecular formula is C21H28BrN6O2Tl. The van der Waals surface area contributed by atoms with E-state index in [9.17, 15) is 4.79 Å². The number of likely N-dealkylation sites (tertiary alicyclic amines) is 1.